The Labute approximate surface area is 139 Å². The van der Waals surface area contributed by atoms with E-state index in [1.165, 1.54) is 32.6 Å². The number of benzene rings is 1. The molecule has 22 heavy (non-hydrogen) atoms. The monoisotopic (exact) mass is 347 g/mol. The lowest BCUT2D eigenvalue weighted by Crippen LogP contribution is -2.04. The van der Waals surface area contributed by atoms with Gasteiger partial charge in [0, 0.05) is 17.1 Å². The molecule has 3 rings (SSSR count). The molecule has 0 amide bonds. The van der Waals surface area contributed by atoms with Crippen LogP contribution in [-0.2, 0) is 13.0 Å². The van der Waals surface area contributed by atoms with E-state index in [2.05, 4.69) is 32.7 Å². The van der Waals surface area contributed by atoms with Gasteiger partial charge in [-0.2, -0.15) is 14.7 Å². The molecular formula is C14H10ClN5S2. The summed E-state index contributed by atoms with van der Waals surface area (Å²) in [4.78, 5) is 4.46. The van der Waals surface area contributed by atoms with Gasteiger partial charge >= 0.3 is 0 Å². The van der Waals surface area contributed by atoms with Gasteiger partial charge in [-0.3, -0.25) is 0 Å². The first-order valence-corrected chi connectivity index (χ1v) is 8.92. The first-order valence-electron chi connectivity index (χ1n) is 6.44. The molecule has 0 spiro atoms. The van der Waals surface area contributed by atoms with E-state index in [-0.39, 0.29) is 0 Å². The fraction of sp³-hybridized carbons (Fsp3) is 0.143. The molecule has 0 saturated carbocycles. The molecule has 0 radical (unpaired) electrons. The van der Waals surface area contributed by atoms with Crippen LogP contribution in [0.2, 0.25) is 5.15 Å². The van der Waals surface area contributed by atoms with Crippen molar-refractivity contribution in [3.05, 3.63) is 57.5 Å². The highest BCUT2D eigenvalue weighted by atomic mass is 35.5. The zero-order valence-corrected chi connectivity index (χ0v) is 13.7. The normalized spacial score (nSPS) is 11.5. The van der Waals surface area contributed by atoms with Gasteiger partial charge in [0.15, 0.2) is 15.6 Å². The van der Waals surface area contributed by atoms with Gasteiger partial charge in [-0.05, 0) is 22.3 Å². The topological polar surface area (TPSA) is 66.9 Å². The smallest absolute Gasteiger partial charge is 0.179 e. The molecule has 2 heterocycles. The minimum atomic E-state index is 0.356. The van der Waals surface area contributed by atoms with Crippen molar-refractivity contribution in [1.82, 2.24) is 14.2 Å². The largest absolute Gasteiger partial charge is 0.246 e. The van der Waals surface area contributed by atoms with Crippen LogP contribution in [0.5, 0.6) is 0 Å². The summed E-state index contributed by atoms with van der Waals surface area (Å²) in [5.41, 5.74) is 1.64. The third-order valence-corrected chi connectivity index (χ3v) is 5.18. The lowest BCUT2D eigenvalue weighted by atomic mass is 10.1. The van der Waals surface area contributed by atoms with Crippen LogP contribution in [0.3, 0.4) is 0 Å². The molecule has 0 bridgehead atoms. The fourth-order valence-corrected chi connectivity index (χ4v) is 3.91. The Kier molecular flexibility index (Phi) is 4.63. The Morgan fingerprint density at radius 1 is 1.32 bits per heavy atom. The molecule has 3 aromatic rings. The molecule has 0 unspecified atom stereocenters. The molecule has 0 aliphatic heterocycles. The SMILES string of the molecule is N#Cc1cnn(CCc2ccccc2)c1/N=c1\ssnc1Cl. The highest BCUT2D eigenvalue weighted by molar-refractivity contribution is 7.66. The molecule has 110 valence electrons. The van der Waals surface area contributed by atoms with Crippen LogP contribution in [-0.4, -0.2) is 14.2 Å². The Balaban J connectivity index is 1.91. The summed E-state index contributed by atoms with van der Waals surface area (Å²) in [6, 6.07) is 12.2. The number of nitrogens with zero attached hydrogens (tertiary/aromatic N) is 5. The molecule has 0 atom stereocenters. The van der Waals surface area contributed by atoms with E-state index >= 15 is 0 Å². The molecule has 0 N–H and O–H groups in total. The second-order valence-electron chi connectivity index (χ2n) is 4.41. The van der Waals surface area contributed by atoms with Crippen LogP contribution in [0.15, 0.2) is 41.5 Å². The summed E-state index contributed by atoms with van der Waals surface area (Å²) in [6.45, 7) is 0.643. The summed E-state index contributed by atoms with van der Waals surface area (Å²) < 4.78 is 6.33. The van der Waals surface area contributed by atoms with Crippen molar-refractivity contribution in [2.24, 2.45) is 4.99 Å². The average molecular weight is 348 g/mol. The van der Waals surface area contributed by atoms with Gasteiger partial charge in [0.2, 0.25) is 0 Å². The summed E-state index contributed by atoms with van der Waals surface area (Å²) in [7, 11) is 2.64. The maximum Gasteiger partial charge on any atom is 0.179 e. The van der Waals surface area contributed by atoms with Gasteiger partial charge in [-0.25, -0.2) is 9.67 Å². The second kappa shape index (κ2) is 6.83. The highest BCUT2D eigenvalue weighted by Crippen LogP contribution is 2.19. The van der Waals surface area contributed by atoms with Crippen LogP contribution in [0.25, 0.3) is 0 Å². The number of aromatic nitrogens is 3. The van der Waals surface area contributed by atoms with Crippen molar-refractivity contribution in [3.63, 3.8) is 0 Å². The van der Waals surface area contributed by atoms with E-state index in [1.54, 1.807) is 4.68 Å². The van der Waals surface area contributed by atoms with Crippen LogP contribution >= 0.6 is 32.5 Å². The van der Waals surface area contributed by atoms with Gasteiger partial charge in [-0.1, -0.05) is 41.9 Å². The number of rotatable bonds is 4. The number of hydrogen-bond acceptors (Lipinski definition) is 6. The summed E-state index contributed by atoms with van der Waals surface area (Å²) in [5.74, 6) is 0.525. The zero-order valence-electron chi connectivity index (χ0n) is 11.3. The molecule has 0 aliphatic carbocycles. The number of aryl methyl sites for hydroxylation is 2. The molecule has 2 aromatic heterocycles. The van der Waals surface area contributed by atoms with E-state index in [9.17, 15) is 5.26 Å². The Morgan fingerprint density at radius 2 is 2.14 bits per heavy atom. The highest BCUT2D eigenvalue weighted by Gasteiger charge is 2.10. The fourth-order valence-electron chi connectivity index (χ4n) is 1.94. The predicted octanol–water partition coefficient (Wildman–Crippen LogP) is 3.40. The summed E-state index contributed by atoms with van der Waals surface area (Å²) in [6.07, 6.45) is 2.34. The molecular weight excluding hydrogens is 338 g/mol. The van der Waals surface area contributed by atoms with Gasteiger partial charge in [0.1, 0.15) is 11.6 Å². The molecule has 0 aliphatic rings. The minimum absolute atomic E-state index is 0.356. The third-order valence-electron chi connectivity index (χ3n) is 3.00. The molecule has 0 fully saturated rings. The van der Waals surface area contributed by atoms with Crippen molar-refractivity contribution >= 4 is 38.3 Å². The number of halogens is 1. The minimum Gasteiger partial charge on any atom is -0.246 e. The molecule has 0 saturated heterocycles. The van der Waals surface area contributed by atoms with E-state index in [4.69, 9.17) is 11.6 Å². The summed E-state index contributed by atoms with van der Waals surface area (Å²) in [5, 5.41) is 13.8. The summed E-state index contributed by atoms with van der Waals surface area (Å²) >= 11 is 5.98. The lowest BCUT2D eigenvalue weighted by Gasteiger charge is -2.04. The van der Waals surface area contributed by atoms with Gasteiger partial charge < -0.3 is 0 Å². The van der Waals surface area contributed by atoms with Crippen LogP contribution < -0.4 is 4.67 Å². The number of hydrogen-bond donors (Lipinski definition) is 0. The van der Waals surface area contributed by atoms with Gasteiger partial charge in [0.25, 0.3) is 0 Å². The van der Waals surface area contributed by atoms with Crippen molar-refractivity contribution < 1.29 is 0 Å². The Morgan fingerprint density at radius 3 is 2.82 bits per heavy atom. The predicted molar refractivity (Wildman–Crippen MR) is 87.3 cm³/mol. The van der Waals surface area contributed by atoms with E-state index < -0.39 is 0 Å². The molecule has 8 heteroatoms. The standard InChI is InChI=1S/C14H10ClN5S2/c15-12-14(21-22-19-12)18-13-11(8-16)9-17-20(13)7-6-10-4-2-1-3-5-10/h1-5,9H,6-7H2/b18-14-. The van der Waals surface area contributed by atoms with Crippen LogP contribution in [0, 0.1) is 11.3 Å². The van der Waals surface area contributed by atoms with Crippen LogP contribution in [0.1, 0.15) is 11.1 Å². The van der Waals surface area contributed by atoms with Crippen molar-refractivity contribution in [1.29, 1.82) is 5.26 Å². The second-order valence-corrected chi connectivity index (χ2v) is 6.60. The average Bonchev–Trinajstić information content (AvgIpc) is 3.13. The van der Waals surface area contributed by atoms with Crippen molar-refractivity contribution in [2.75, 3.05) is 0 Å². The van der Waals surface area contributed by atoms with E-state index in [0.717, 1.165) is 6.42 Å². The first-order chi connectivity index (χ1) is 10.8. The Hall–Kier alpha value is -2.01. The van der Waals surface area contributed by atoms with E-state index in [1.807, 2.05) is 18.2 Å². The quantitative estimate of drug-likeness (QED) is 0.679. The molecule has 5 nitrogen and oxygen atoms in total. The van der Waals surface area contributed by atoms with Gasteiger partial charge in [-0.15, -0.1) is 0 Å². The van der Waals surface area contributed by atoms with E-state index in [0.29, 0.717) is 27.8 Å². The van der Waals surface area contributed by atoms with Crippen molar-refractivity contribution in [3.8, 4) is 6.07 Å². The lowest BCUT2D eigenvalue weighted by molar-refractivity contribution is 0.618. The maximum atomic E-state index is 9.21. The number of nitriles is 1. The molecule has 1 aromatic carbocycles. The first kappa shape index (κ1) is 14.9. The maximum absolute atomic E-state index is 9.21. The Bertz CT molecular complexity index is 873. The zero-order chi connectivity index (χ0) is 15.4. The third kappa shape index (κ3) is 3.25. The van der Waals surface area contributed by atoms with Crippen LogP contribution in [0.4, 0.5) is 5.82 Å². The van der Waals surface area contributed by atoms with Crippen molar-refractivity contribution in [2.45, 2.75) is 13.0 Å². The van der Waals surface area contributed by atoms with Gasteiger partial charge in [0.05, 0.1) is 6.20 Å².